The summed E-state index contributed by atoms with van der Waals surface area (Å²) in [5, 5.41) is 34.1. The molecule has 66 valence electrons. The molecular formula is C6H12O5. The largest absolute Gasteiger partial charge is 0.481 e. The second-order valence-electron chi connectivity index (χ2n) is 2.25. The highest BCUT2D eigenvalue weighted by atomic mass is 16.4. The standard InChI is InChI=1S/C6H12O5/c7-3-5(9)4(8)1-2-6(10)11/h4-5,7-9H,1-3H2,(H,10,11)/t4-,5+/m0/s1. The molecule has 5 nitrogen and oxygen atoms in total. The molecule has 0 aliphatic heterocycles. The highest BCUT2D eigenvalue weighted by Gasteiger charge is 2.15. The molecule has 0 unspecified atom stereocenters. The lowest BCUT2D eigenvalue weighted by molar-refractivity contribution is -0.138. The molecule has 0 rings (SSSR count). The van der Waals surface area contributed by atoms with Crippen molar-refractivity contribution in [1.29, 1.82) is 0 Å². The quantitative estimate of drug-likeness (QED) is 0.399. The number of aliphatic carboxylic acids is 1. The minimum absolute atomic E-state index is 0.0446. The number of aliphatic hydroxyl groups is 3. The van der Waals surface area contributed by atoms with E-state index in [4.69, 9.17) is 20.4 Å². The van der Waals surface area contributed by atoms with E-state index in [2.05, 4.69) is 0 Å². The molecule has 0 heterocycles. The van der Waals surface area contributed by atoms with Crippen LogP contribution in [-0.2, 0) is 4.79 Å². The Bertz CT molecular complexity index is 124. The van der Waals surface area contributed by atoms with Crippen molar-refractivity contribution in [2.24, 2.45) is 0 Å². The lowest BCUT2D eigenvalue weighted by atomic mass is 10.1. The topological polar surface area (TPSA) is 98.0 Å². The Hall–Kier alpha value is -0.650. The number of carbonyl (C=O) groups is 1. The van der Waals surface area contributed by atoms with E-state index in [1.807, 2.05) is 0 Å². The number of hydrogen-bond acceptors (Lipinski definition) is 4. The summed E-state index contributed by atoms with van der Waals surface area (Å²) >= 11 is 0. The minimum atomic E-state index is -1.24. The van der Waals surface area contributed by atoms with Crippen LogP contribution in [-0.4, -0.2) is 45.2 Å². The van der Waals surface area contributed by atoms with Crippen molar-refractivity contribution in [2.45, 2.75) is 25.0 Å². The second kappa shape index (κ2) is 5.06. The lowest BCUT2D eigenvalue weighted by Crippen LogP contribution is -2.29. The van der Waals surface area contributed by atoms with Crippen LogP contribution in [0.25, 0.3) is 0 Å². The van der Waals surface area contributed by atoms with Gasteiger partial charge in [-0.05, 0) is 6.42 Å². The highest BCUT2D eigenvalue weighted by molar-refractivity contribution is 5.66. The fourth-order valence-corrected chi connectivity index (χ4v) is 0.585. The summed E-state index contributed by atoms with van der Waals surface area (Å²) in [5.74, 6) is -1.03. The Balaban J connectivity index is 3.51. The third-order valence-corrected chi connectivity index (χ3v) is 1.29. The molecule has 0 bridgehead atoms. The Labute approximate surface area is 63.9 Å². The summed E-state index contributed by atoms with van der Waals surface area (Å²) in [4.78, 5) is 9.96. The van der Waals surface area contributed by atoms with Crippen molar-refractivity contribution in [3.05, 3.63) is 0 Å². The van der Waals surface area contributed by atoms with Crippen LogP contribution in [0.15, 0.2) is 0 Å². The zero-order valence-corrected chi connectivity index (χ0v) is 5.97. The summed E-state index contributed by atoms with van der Waals surface area (Å²) < 4.78 is 0. The number of hydrogen-bond donors (Lipinski definition) is 4. The van der Waals surface area contributed by atoms with Crippen molar-refractivity contribution in [2.75, 3.05) is 6.61 Å². The third kappa shape index (κ3) is 4.72. The van der Waals surface area contributed by atoms with Gasteiger partial charge >= 0.3 is 5.97 Å². The van der Waals surface area contributed by atoms with Crippen LogP contribution in [0.3, 0.4) is 0 Å². The summed E-state index contributed by atoms with van der Waals surface area (Å²) in [6.07, 6.45) is -2.65. The summed E-state index contributed by atoms with van der Waals surface area (Å²) in [7, 11) is 0. The van der Waals surface area contributed by atoms with Crippen molar-refractivity contribution < 1.29 is 25.2 Å². The molecule has 0 aromatic carbocycles. The average Bonchev–Trinajstić information content (AvgIpc) is 1.98. The zero-order chi connectivity index (χ0) is 8.85. The molecule has 2 atom stereocenters. The van der Waals surface area contributed by atoms with E-state index in [0.29, 0.717) is 0 Å². The predicted octanol–water partition coefficient (Wildman–Crippen LogP) is -1.43. The predicted molar refractivity (Wildman–Crippen MR) is 36.0 cm³/mol. The van der Waals surface area contributed by atoms with Gasteiger partial charge in [0.1, 0.15) is 6.10 Å². The zero-order valence-electron chi connectivity index (χ0n) is 5.97. The minimum Gasteiger partial charge on any atom is -0.481 e. The van der Waals surface area contributed by atoms with Crippen LogP contribution in [0.2, 0.25) is 0 Å². The first-order valence-corrected chi connectivity index (χ1v) is 3.26. The SMILES string of the molecule is O=C(O)CC[C@H](O)[C@H](O)CO. The Morgan fingerprint density at radius 3 is 2.18 bits per heavy atom. The molecule has 0 saturated carbocycles. The fourth-order valence-electron chi connectivity index (χ4n) is 0.585. The van der Waals surface area contributed by atoms with Gasteiger partial charge < -0.3 is 20.4 Å². The smallest absolute Gasteiger partial charge is 0.303 e. The maximum absolute atomic E-state index is 9.96. The molecule has 4 N–H and O–H groups in total. The van der Waals surface area contributed by atoms with Crippen molar-refractivity contribution >= 4 is 5.97 Å². The van der Waals surface area contributed by atoms with E-state index in [1.54, 1.807) is 0 Å². The van der Waals surface area contributed by atoms with Gasteiger partial charge in [-0.2, -0.15) is 0 Å². The van der Waals surface area contributed by atoms with E-state index in [-0.39, 0.29) is 12.8 Å². The molecule has 0 amide bonds. The summed E-state index contributed by atoms with van der Waals surface area (Å²) in [6.45, 7) is -0.555. The summed E-state index contributed by atoms with van der Waals surface area (Å²) in [5.41, 5.74) is 0. The van der Waals surface area contributed by atoms with Crippen molar-refractivity contribution in [3.8, 4) is 0 Å². The molecular weight excluding hydrogens is 152 g/mol. The van der Waals surface area contributed by atoms with Crippen LogP contribution in [0.1, 0.15) is 12.8 Å². The van der Waals surface area contributed by atoms with E-state index in [1.165, 1.54) is 0 Å². The molecule has 11 heavy (non-hydrogen) atoms. The number of rotatable bonds is 5. The molecule has 0 aliphatic rings. The van der Waals surface area contributed by atoms with E-state index in [9.17, 15) is 4.79 Å². The number of carboxylic acid groups (broad SMARTS) is 1. The van der Waals surface area contributed by atoms with Gasteiger partial charge in [0.2, 0.25) is 0 Å². The van der Waals surface area contributed by atoms with Crippen LogP contribution in [0.4, 0.5) is 0 Å². The van der Waals surface area contributed by atoms with Crippen molar-refractivity contribution in [1.82, 2.24) is 0 Å². The maximum Gasteiger partial charge on any atom is 0.303 e. The highest BCUT2D eigenvalue weighted by Crippen LogP contribution is 2.01. The van der Waals surface area contributed by atoms with Gasteiger partial charge in [-0.3, -0.25) is 4.79 Å². The van der Waals surface area contributed by atoms with Gasteiger partial charge in [-0.1, -0.05) is 0 Å². The first kappa shape index (κ1) is 10.3. The molecule has 0 aromatic rings. The van der Waals surface area contributed by atoms with Crippen LogP contribution in [0.5, 0.6) is 0 Å². The Morgan fingerprint density at radius 2 is 1.82 bits per heavy atom. The van der Waals surface area contributed by atoms with E-state index < -0.39 is 24.8 Å². The summed E-state index contributed by atoms with van der Waals surface area (Å²) in [6, 6.07) is 0. The molecule has 0 aromatic heterocycles. The van der Waals surface area contributed by atoms with Gasteiger partial charge in [0.25, 0.3) is 0 Å². The Morgan fingerprint density at radius 1 is 1.27 bits per heavy atom. The van der Waals surface area contributed by atoms with Gasteiger partial charge in [-0.15, -0.1) is 0 Å². The fraction of sp³-hybridized carbons (Fsp3) is 0.833. The van der Waals surface area contributed by atoms with Crippen molar-refractivity contribution in [3.63, 3.8) is 0 Å². The van der Waals surface area contributed by atoms with Gasteiger partial charge in [0, 0.05) is 6.42 Å². The van der Waals surface area contributed by atoms with Gasteiger partial charge in [-0.25, -0.2) is 0 Å². The van der Waals surface area contributed by atoms with E-state index in [0.717, 1.165) is 0 Å². The normalized spacial score (nSPS) is 15.9. The number of carboxylic acids is 1. The molecule has 0 saturated heterocycles. The lowest BCUT2D eigenvalue weighted by Gasteiger charge is -2.13. The molecule has 0 spiro atoms. The number of aliphatic hydroxyl groups excluding tert-OH is 3. The average molecular weight is 164 g/mol. The monoisotopic (exact) mass is 164 g/mol. The van der Waals surface area contributed by atoms with Crippen LogP contribution >= 0.6 is 0 Å². The third-order valence-electron chi connectivity index (χ3n) is 1.29. The first-order valence-electron chi connectivity index (χ1n) is 3.26. The second-order valence-corrected chi connectivity index (χ2v) is 2.25. The van der Waals surface area contributed by atoms with Gasteiger partial charge in [0.15, 0.2) is 0 Å². The maximum atomic E-state index is 9.96. The van der Waals surface area contributed by atoms with Crippen LogP contribution < -0.4 is 0 Å². The Kier molecular flexibility index (Phi) is 4.76. The first-order chi connectivity index (χ1) is 5.07. The van der Waals surface area contributed by atoms with E-state index >= 15 is 0 Å². The molecule has 0 aliphatic carbocycles. The van der Waals surface area contributed by atoms with Crippen LogP contribution in [0, 0.1) is 0 Å². The van der Waals surface area contributed by atoms with Gasteiger partial charge in [0.05, 0.1) is 12.7 Å². The molecule has 0 fully saturated rings. The molecule has 5 heteroatoms. The molecule has 0 radical (unpaired) electrons.